The van der Waals surface area contributed by atoms with Crippen molar-refractivity contribution in [2.24, 2.45) is 0 Å². The highest BCUT2D eigenvalue weighted by Crippen LogP contribution is 2.30. The van der Waals surface area contributed by atoms with Gasteiger partial charge in [0.15, 0.2) is 0 Å². The summed E-state index contributed by atoms with van der Waals surface area (Å²) >= 11 is 3.48. The summed E-state index contributed by atoms with van der Waals surface area (Å²) in [6, 6.07) is 13.8. The molecule has 0 aromatic heterocycles. The number of halogens is 1. The van der Waals surface area contributed by atoms with Crippen molar-refractivity contribution in [3.8, 4) is 11.5 Å². The first-order valence-electron chi connectivity index (χ1n) is 8.74. The van der Waals surface area contributed by atoms with Crippen molar-refractivity contribution < 1.29 is 14.6 Å². The van der Waals surface area contributed by atoms with Gasteiger partial charge in [-0.1, -0.05) is 18.2 Å². The van der Waals surface area contributed by atoms with Gasteiger partial charge in [-0.15, -0.1) is 0 Å². The Morgan fingerprint density at radius 1 is 1.00 bits per heavy atom. The molecule has 1 heterocycles. The second-order valence-electron chi connectivity index (χ2n) is 6.37. The van der Waals surface area contributed by atoms with Gasteiger partial charge in [0.25, 0.3) is 0 Å². The van der Waals surface area contributed by atoms with Crippen LogP contribution in [0.25, 0.3) is 0 Å². The lowest BCUT2D eigenvalue weighted by molar-refractivity contribution is 0.109. The maximum atomic E-state index is 10.6. The fourth-order valence-electron chi connectivity index (χ4n) is 3.30. The second-order valence-corrected chi connectivity index (χ2v) is 7.22. The van der Waals surface area contributed by atoms with E-state index in [4.69, 9.17) is 9.47 Å². The van der Waals surface area contributed by atoms with E-state index >= 15 is 0 Å². The van der Waals surface area contributed by atoms with E-state index < -0.39 is 6.10 Å². The second kappa shape index (κ2) is 8.75. The molecule has 1 N–H and O–H groups in total. The molecule has 0 radical (unpaired) electrons. The third-order valence-corrected chi connectivity index (χ3v) is 5.41. The summed E-state index contributed by atoms with van der Waals surface area (Å²) in [5.74, 6) is 1.68. The Hall–Kier alpha value is -1.76. The fourth-order valence-corrected chi connectivity index (χ4v) is 3.86. The zero-order valence-electron chi connectivity index (χ0n) is 15.2. The highest BCUT2D eigenvalue weighted by molar-refractivity contribution is 9.10. The minimum atomic E-state index is -0.519. The quantitative estimate of drug-likeness (QED) is 0.776. The molecule has 5 nitrogen and oxygen atoms in total. The Morgan fingerprint density at radius 3 is 2.35 bits per heavy atom. The molecule has 140 valence electrons. The molecule has 1 unspecified atom stereocenters. The molecule has 2 aromatic carbocycles. The van der Waals surface area contributed by atoms with E-state index in [-0.39, 0.29) is 0 Å². The molecular formula is C20H25BrN2O3. The van der Waals surface area contributed by atoms with Gasteiger partial charge in [0.05, 0.1) is 30.5 Å². The zero-order valence-corrected chi connectivity index (χ0v) is 16.8. The fraction of sp³-hybridized carbons (Fsp3) is 0.400. The highest BCUT2D eigenvalue weighted by atomic mass is 79.9. The molecule has 0 aliphatic carbocycles. The summed E-state index contributed by atoms with van der Waals surface area (Å²) in [7, 11) is 3.34. The molecule has 1 aliphatic rings. The van der Waals surface area contributed by atoms with E-state index in [1.807, 2.05) is 36.4 Å². The zero-order chi connectivity index (χ0) is 18.5. The van der Waals surface area contributed by atoms with Crippen LogP contribution in [0.15, 0.2) is 46.9 Å². The van der Waals surface area contributed by atoms with E-state index in [2.05, 4.69) is 31.8 Å². The number of aliphatic hydroxyl groups excluding tert-OH is 1. The molecule has 1 atom stereocenters. The van der Waals surface area contributed by atoms with Crippen LogP contribution >= 0.6 is 15.9 Å². The smallest absolute Gasteiger partial charge is 0.142 e. The SMILES string of the molecule is COc1ccc(C(O)CN2CCN(c3ccccc3OC)CC2)cc1Br. The van der Waals surface area contributed by atoms with Crippen LogP contribution in [0.1, 0.15) is 11.7 Å². The molecule has 1 fully saturated rings. The van der Waals surface area contributed by atoms with Crippen LogP contribution in [0.3, 0.4) is 0 Å². The van der Waals surface area contributed by atoms with Gasteiger partial charge in [0.2, 0.25) is 0 Å². The Labute approximate surface area is 163 Å². The number of anilines is 1. The van der Waals surface area contributed by atoms with E-state index in [1.165, 1.54) is 0 Å². The van der Waals surface area contributed by atoms with Gasteiger partial charge >= 0.3 is 0 Å². The van der Waals surface area contributed by atoms with Gasteiger partial charge in [-0.3, -0.25) is 4.90 Å². The topological polar surface area (TPSA) is 45.2 Å². The standard InChI is InChI=1S/C20H25BrN2O3/c1-25-19-8-7-15(13-16(19)21)18(24)14-22-9-11-23(12-10-22)17-5-3-4-6-20(17)26-2/h3-8,13,18,24H,9-12,14H2,1-2H3. The van der Waals surface area contributed by atoms with Gasteiger partial charge in [0, 0.05) is 32.7 Å². The molecule has 1 aliphatic heterocycles. The van der Waals surface area contributed by atoms with Gasteiger partial charge in [0.1, 0.15) is 11.5 Å². The highest BCUT2D eigenvalue weighted by Gasteiger charge is 2.22. The summed E-state index contributed by atoms with van der Waals surface area (Å²) in [5, 5.41) is 10.6. The van der Waals surface area contributed by atoms with E-state index in [0.29, 0.717) is 6.54 Å². The van der Waals surface area contributed by atoms with Gasteiger partial charge in [-0.25, -0.2) is 0 Å². The van der Waals surface area contributed by atoms with Crippen molar-refractivity contribution in [2.45, 2.75) is 6.10 Å². The Bertz CT molecular complexity index is 733. The minimum Gasteiger partial charge on any atom is -0.496 e. The number of rotatable bonds is 6. The molecule has 3 rings (SSSR count). The van der Waals surface area contributed by atoms with Crippen molar-refractivity contribution in [2.75, 3.05) is 51.8 Å². The van der Waals surface area contributed by atoms with Crippen molar-refractivity contribution in [1.29, 1.82) is 0 Å². The number of ether oxygens (including phenoxy) is 2. The van der Waals surface area contributed by atoms with Gasteiger partial charge in [-0.05, 0) is 45.8 Å². The molecule has 6 heteroatoms. The van der Waals surface area contributed by atoms with Crippen LogP contribution in [0.5, 0.6) is 11.5 Å². The number of hydrogen-bond donors (Lipinski definition) is 1. The first-order valence-corrected chi connectivity index (χ1v) is 9.53. The molecular weight excluding hydrogens is 396 g/mol. The molecule has 0 saturated carbocycles. The van der Waals surface area contributed by atoms with E-state index in [1.54, 1.807) is 14.2 Å². The average Bonchev–Trinajstić information content (AvgIpc) is 2.68. The summed E-state index contributed by atoms with van der Waals surface area (Å²) in [5.41, 5.74) is 2.03. The lowest BCUT2D eigenvalue weighted by Crippen LogP contribution is -2.47. The Morgan fingerprint density at radius 2 is 1.69 bits per heavy atom. The lowest BCUT2D eigenvalue weighted by atomic mass is 10.1. The third kappa shape index (κ3) is 4.31. The van der Waals surface area contributed by atoms with Crippen LogP contribution in [0, 0.1) is 0 Å². The predicted octanol–water partition coefficient (Wildman–Crippen LogP) is 3.32. The summed E-state index contributed by atoms with van der Waals surface area (Å²) in [4.78, 5) is 4.64. The van der Waals surface area contributed by atoms with Crippen LogP contribution in [-0.4, -0.2) is 56.9 Å². The van der Waals surface area contributed by atoms with Crippen molar-refractivity contribution in [1.82, 2.24) is 4.90 Å². The molecule has 1 saturated heterocycles. The minimum absolute atomic E-state index is 0.519. The number of piperazine rings is 1. The van der Waals surface area contributed by atoms with Crippen molar-refractivity contribution >= 4 is 21.6 Å². The molecule has 26 heavy (non-hydrogen) atoms. The Kier molecular flexibility index (Phi) is 6.40. The normalized spacial score (nSPS) is 16.4. The maximum Gasteiger partial charge on any atom is 0.142 e. The number of methoxy groups -OCH3 is 2. The summed E-state index contributed by atoms with van der Waals surface area (Å²) in [6.45, 7) is 4.27. The number of β-amino-alcohol motifs (C(OH)–C–C–N with tert-alkyl or cyclic N) is 1. The summed E-state index contributed by atoms with van der Waals surface area (Å²) < 4.78 is 11.6. The third-order valence-electron chi connectivity index (χ3n) is 4.79. The predicted molar refractivity (Wildman–Crippen MR) is 107 cm³/mol. The average molecular weight is 421 g/mol. The van der Waals surface area contributed by atoms with Gasteiger partial charge in [-0.2, -0.15) is 0 Å². The number of hydrogen-bond acceptors (Lipinski definition) is 5. The number of aliphatic hydroxyl groups is 1. The number of benzene rings is 2. The molecule has 0 bridgehead atoms. The van der Waals surface area contributed by atoms with E-state index in [9.17, 15) is 5.11 Å². The van der Waals surface area contributed by atoms with Crippen LogP contribution < -0.4 is 14.4 Å². The first-order chi connectivity index (χ1) is 12.6. The van der Waals surface area contributed by atoms with Crippen LogP contribution in [0.2, 0.25) is 0 Å². The van der Waals surface area contributed by atoms with Crippen molar-refractivity contribution in [3.63, 3.8) is 0 Å². The largest absolute Gasteiger partial charge is 0.496 e. The van der Waals surface area contributed by atoms with Crippen molar-refractivity contribution in [3.05, 3.63) is 52.5 Å². The Balaban J connectivity index is 1.57. The maximum absolute atomic E-state index is 10.6. The molecule has 0 spiro atoms. The molecule has 0 amide bonds. The molecule has 2 aromatic rings. The monoisotopic (exact) mass is 420 g/mol. The van der Waals surface area contributed by atoms with Gasteiger partial charge < -0.3 is 19.5 Å². The van der Waals surface area contributed by atoms with E-state index in [0.717, 1.165) is 53.4 Å². The lowest BCUT2D eigenvalue weighted by Gasteiger charge is -2.37. The number of nitrogens with zero attached hydrogens (tertiary/aromatic N) is 2. The van der Waals surface area contributed by atoms with Crippen LogP contribution in [-0.2, 0) is 0 Å². The summed E-state index contributed by atoms with van der Waals surface area (Å²) in [6.07, 6.45) is -0.519. The van der Waals surface area contributed by atoms with Crippen LogP contribution in [0.4, 0.5) is 5.69 Å². The number of para-hydroxylation sites is 2. The first kappa shape index (κ1) is 19.0.